The third-order valence-corrected chi connectivity index (χ3v) is 4.77. The van der Waals surface area contributed by atoms with Crippen molar-refractivity contribution in [3.63, 3.8) is 0 Å². The molecule has 116 valence electrons. The van der Waals surface area contributed by atoms with Crippen molar-refractivity contribution in [2.45, 2.75) is 18.9 Å². The van der Waals surface area contributed by atoms with Crippen LogP contribution < -0.4 is 0 Å². The lowest BCUT2D eigenvalue weighted by Crippen LogP contribution is -2.04. The fourth-order valence-corrected chi connectivity index (χ4v) is 3.29. The van der Waals surface area contributed by atoms with Crippen molar-refractivity contribution in [2.75, 3.05) is 5.75 Å². The van der Waals surface area contributed by atoms with E-state index in [1.807, 2.05) is 0 Å². The number of fused-ring (bicyclic) bond motifs is 1. The van der Waals surface area contributed by atoms with Gasteiger partial charge in [0, 0.05) is 5.56 Å². The van der Waals surface area contributed by atoms with Gasteiger partial charge in [0.15, 0.2) is 5.82 Å². The predicted octanol–water partition coefficient (Wildman–Crippen LogP) is 4.12. The zero-order chi connectivity index (χ0) is 15.7. The molecule has 3 aromatic rings. The molecule has 0 unspecified atom stereocenters. The van der Waals surface area contributed by atoms with Gasteiger partial charge in [-0.05, 0) is 17.9 Å². The van der Waals surface area contributed by atoms with Gasteiger partial charge in [-0.3, -0.25) is 0 Å². The van der Waals surface area contributed by atoms with Crippen LogP contribution in [0, 0.1) is 0 Å². The van der Waals surface area contributed by atoms with E-state index in [1.54, 1.807) is 16.3 Å². The van der Waals surface area contributed by atoms with Crippen LogP contribution in [0.4, 0.5) is 13.2 Å². The normalized spacial score (nSPS) is 12.2. The van der Waals surface area contributed by atoms with Gasteiger partial charge in [0.1, 0.15) is 5.01 Å². The summed E-state index contributed by atoms with van der Waals surface area (Å²) in [6.45, 7) is 2.05. The molecule has 0 fully saturated rings. The molecule has 0 bridgehead atoms. The second kappa shape index (κ2) is 5.88. The number of halogens is 3. The molecular weight excluding hydrogens is 333 g/mol. The molecule has 0 aliphatic carbocycles. The minimum atomic E-state index is -4.33. The van der Waals surface area contributed by atoms with Gasteiger partial charge in [-0.15, -0.1) is 10.2 Å². The van der Waals surface area contributed by atoms with E-state index in [9.17, 15) is 13.2 Å². The van der Waals surface area contributed by atoms with E-state index < -0.39 is 11.7 Å². The Balaban J connectivity index is 1.91. The fourth-order valence-electron chi connectivity index (χ4n) is 1.86. The van der Waals surface area contributed by atoms with E-state index >= 15 is 0 Å². The molecule has 2 heterocycles. The van der Waals surface area contributed by atoms with E-state index in [1.165, 1.54) is 23.5 Å². The standard InChI is InChI=1S/C13H11F3N4S2/c1-2-21-7-10-17-18-12-20(10)19-11(22-12)8-3-5-9(6-4-8)13(14,15)16/h3-6H,2,7H2,1H3. The van der Waals surface area contributed by atoms with Crippen LogP contribution in [0.1, 0.15) is 18.3 Å². The first kappa shape index (κ1) is 15.3. The number of nitrogens with zero attached hydrogens (tertiary/aromatic N) is 4. The number of benzene rings is 1. The molecule has 0 saturated heterocycles. The Labute approximate surface area is 132 Å². The molecule has 0 atom stereocenters. The van der Waals surface area contributed by atoms with Crippen LogP contribution in [0.15, 0.2) is 24.3 Å². The van der Waals surface area contributed by atoms with Gasteiger partial charge in [0.25, 0.3) is 0 Å². The summed E-state index contributed by atoms with van der Waals surface area (Å²) in [5.74, 6) is 2.41. The van der Waals surface area contributed by atoms with Gasteiger partial charge >= 0.3 is 6.18 Å². The fraction of sp³-hybridized carbons (Fsp3) is 0.308. The molecule has 3 rings (SSSR count). The van der Waals surface area contributed by atoms with Crippen molar-refractivity contribution in [1.29, 1.82) is 0 Å². The SMILES string of the molecule is CCSCc1nnc2sc(-c3ccc(C(F)(F)F)cc3)nn12. The number of hydrogen-bond donors (Lipinski definition) is 0. The van der Waals surface area contributed by atoms with Crippen molar-refractivity contribution >= 4 is 28.1 Å². The summed E-state index contributed by atoms with van der Waals surface area (Å²) in [6.07, 6.45) is -4.33. The summed E-state index contributed by atoms with van der Waals surface area (Å²) >= 11 is 3.01. The highest BCUT2D eigenvalue weighted by Gasteiger charge is 2.30. The van der Waals surface area contributed by atoms with Crippen LogP contribution in [0.3, 0.4) is 0 Å². The van der Waals surface area contributed by atoms with Crippen LogP contribution in [0.25, 0.3) is 15.5 Å². The van der Waals surface area contributed by atoms with E-state index in [0.29, 0.717) is 21.3 Å². The lowest BCUT2D eigenvalue weighted by Gasteiger charge is -2.06. The van der Waals surface area contributed by atoms with E-state index in [4.69, 9.17) is 0 Å². The Morgan fingerprint density at radius 1 is 1.18 bits per heavy atom. The topological polar surface area (TPSA) is 43.1 Å². The molecule has 22 heavy (non-hydrogen) atoms. The summed E-state index contributed by atoms with van der Waals surface area (Å²) in [7, 11) is 0. The molecule has 0 spiro atoms. The number of aromatic nitrogens is 4. The van der Waals surface area contributed by atoms with Gasteiger partial charge in [0.05, 0.1) is 11.3 Å². The number of thioether (sulfide) groups is 1. The zero-order valence-corrected chi connectivity index (χ0v) is 13.1. The highest BCUT2D eigenvalue weighted by atomic mass is 32.2. The number of hydrogen-bond acceptors (Lipinski definition) is 5. The first-order valence-electron chi connectivity index (χ1n) is 6.45. The van der Waals surface area contributed by atoms with Gasteiger partial charge in [-0.25, -0.2) is 0 Å². The van der Waals surface area contributed by atoms with Crippen LogP contribution >= 0.6 is 23.1 Å². The average molecular weight is 344 g/mol. The molecule has 4 nitrogen and oxygen atoms in total. The lowest BCUT2D eigenvalue weighted by molar-refractivity contribution is -0.137. The second-order valence-electron chi connectivity index (χ2n) is 4.43. The summed E-state index contributed by atoms with van der Waals surface area (Å²) in [5, 5.41) is 13.1. The molecule has 2 aromatic heterocycles. The Hall–Kier alpha value is -1.61. The van der Waals surface area contributed by atoms with Crippen molar-refractivity contribution in [2.24, 2.45) is 0 Å². The third kappa shape index (κ3) is 2.95. The molecule has 0 amide bonds. The first-order chi connectivity index (χ1) is 10.5. The average Bonchev–Trinajstić information content (AvgIpc) is 3.05. The molecule has 0 aliphatic rings. The molecule has 9 heteroatoms. The van der Waals surface area contributed by atoms with Gasteiger partial charge in [0.2, 0.25) is 4.96 Å². The molecule has 0 N–H and O–H groups in total. The number of rotatable bonds is 4. The van der Waals surface area contributed by atoms with E-state index in [2.05, 4.69) is 22.2 Å². The van der Waals surface area contributed by atoms with Crippen LogP contribution in [-0.2, 0) is 11.9 Å². The van der Waals surface area contributed by atoms with Gasteiger partial charge in [-0.1, -0.05) is 30.4 Å². The predicted molar refractivity (Wildman–Crippen MR) is 80.9 cm³/mol. The maximum absolute atomic E-state index is 12.6. The summed E-state index contributed by atoms with van der Waals surface area (Å²) in [4.78, 5) is 0.640. The van der Waals surface area contributed by atoms with Crippen molar-refractivity contribution in [3.05, 3.63) is 35.7 Å². The minimum Gasteiger partial charge on any atom is -0.186 e. The summed E-state index contributed by atoms with van der Waals surface area (Å²) < 4.78 is 39.4. The largest absolute Gasteiger partial charge is 0.416 e. The van der Waals surface area contributed by atoms with Crippen LogP contribution in [-0.4, -0.2) is 25.6 Å². The van der Waals surface area contributed by atoms with Crippen LogP contribution in [0.5, 0.6) is 0 Å². The first-order valence-corrected chi connectivity index (χ1v) is 8.42. The number of alkyl halides is 3. The maximum Gasteiger partial charge on any atom is 0.416 e. The van der Waals surface area contributed by atoms with Crippen molar-refractivity contribution < 1.29 is 13.2 Å². The smallest absolute Gasteiger partial charge is 0.186 e. The van der Waals surface area contributed by atoms with Gasteiger partial charge in [-0.2, -0.15) is 34.5 Å². The third-order valence-electron chi connectivity index (χ3n) is 2.95. The Kier molecular flexibility index (Phi) is 4.09. The molecule has 0 aliphatic heterocycles. The van der Waals surface area contributed by atoms with Crippen molar-refractivity contribution in [3.8, 4) is 10.6 Å². The monoisotopic (exact) mass is 344 g/mol. The Morgan fingerprint density at radius 2 is 1.91 bits per heavy atom. The maximum atomic E-state index is 12.6. The van der Waals surface area contributed by atoms with Gasteiger partial charge < -0.3 is 0 Å². The summed E-state index contributed by atoms with van der Waals surface area (Å²) in [5.41, 5.74) is -0.0307. The van der Waals surface area contributed by atoms with E-state index in [0.717, 1.165) is 23.7 Å². The molecule has 1 aromatic carbocycles. The lowest BCUT2D eigenvalue weighted by atomic mass is 10.1. The quantitative estimate of drug-likeness (QED) is 0.714. The molecule has 0 saturated carbocycles. The highest BCUT2D eigenvalue weighted by molar-refractivity contribution is 7.98. The highest BCUT2D eigenvalue weighted by Crippen LogP contribution is 2.32. The minimum absolute atomic E-state index is 0.626. The summed E-state index contributed by atoms with van der Waals surface area (Å²) in [6, 6.07) is 4.97. The zero-order valence-electron chi connectivity index (χ0n) is 11.5. The molecular formula is C13H11F3N4S2. The second-order valence-corrected chi connectivity index (χ2v) is 6.66. The van der Waals surface area contributed by atoms with Crippen LogP contribution in [0.2, 0.25) is 0 Å². The van der Waals surface area contributed by atoms with Crippen molar-refractivity contribution in [1.82, 2.24) is 19.8 Å². The Morgan fingerprint density at radius 3 is 2.55 bits per heavy atom. The van der Waals surface area contributed by atoms with E-state index in [-0.39, 0.29) is 0 Å². The Bertz CT molecular complexity index is 777. The molecule has 0 radical (unpaired) electrons.